The molecule has 1 aliphatic rings. The molecule has 19 heavy (non-hydrogen) atoms. The molecule has 2 rings (SSSR count). The number of rotatable bonds is 3. The van der Waals surface area contributed by atoms with Crippen LogP contribution >= 0.6 is 0 Å². The largest absolute Gasteiger partial charge is 0.386 e. The van der Waals surface area contributed by atoms with Crippen molar-refractivity contribution in [3.63, 3.8) is 0 Å². The van der Waals surface area contributed by atoms with Gasteiger partial charge < -0.3 is 15.1 Å². The Balaban J connectivity index is 2.53. The van der Waals surface area contributed by atoms with Crippen LogP contribution in [0.2, 0.25) is 0 Å². The van der Waals surface area contributed by atoms with Crippen LogP contribution in [0.4, 0.5) is 0 Å². The summed E-state index contributed by atoms with van der Waals surface area (Å²) >= 11 is 0. The first-order chi connectivity index (χ1) is 8.92. The van der Waals surface area contributed by atoms with E-state index < -0.39 is 17.1 Å². The van der Waals surface area contributed by atoms with Crippen LogP contribution in [0.3, 0.4) is 0 Å². The Kier molecular flexibility index (Phi) is 3.65. The standard InChI is InChI=1S/C15H21NO3/c1-16(2)13(17)15(19,12-8-4-3-5-9-12)14(18)10-6-7-11-14/h3-5,8-9,18-19H,6-7,10-11H2,1-2H3. The molecule has 1 fully saturated rings. The van der Waals surface area contributed by atoms with E-state index in [1.165, 1.54) is 4.90 Å². The van der Waals surface area contributed by atoms with Crippen molar-refractivity contribution in [1.29, 1.82) is 0 Å². The summed E-state index contributed by atoms with van der Waals surface area (Å²) in [5.41, 5.74) is -2.79. The lowest BCUT2D eigenvalue weighted by Crippen LogP contribution is -2.58. The van der Waals surface area contributed by atoms with Crippen molar-refractivity contribution < 1.29 is 15.0 Å². The van der Waals surface area contributed by atoms with Gasteiger partial charge in [-0.05, 0) is 18.4 Å². The maximum absolute atomic E-state index is 12.5. The summed E-state index contributed by atoms with van der Waals surface area (Å²) < 4.78 is 0. The molecule has 0 heterocycles. The van der Waals surface area contributed by atoms with Gasteiger partial charge in [-0.15, -0.1) is 0 Å². The molecule has 4 heteroatoms. The summed E-state index contributed by atoms with van der Waals surface area (Å²) in [4.78, 5) is 13.8. The molecule has 4 nitrogen and oxygen atoms in total. The molecule has 1 aliphatic carbocycles. The third-order valence-electron chi connectivity index (χ3n) is 4.01. The molecule has 0 aromatic heterocycles. The maximum atomic E-state index is 12.5. The van der Waals surface area contributed by atoms with Gasteiger partial charge in [0.15, 0.2) is 5.60 Å². The summed E-state index contributed by atoms with van der Waals surface area (Å²) in [6, 6.07) is 8.74. The number of carbonyl (C=O) groups excluding carboxylic acids is 1. The minimum Gasteiger partial charge on any atom is -0.386 e. The van der Waals surface area contributed by atoms with Gasteiger partial charge in [-0.25, -0.2) is 0 Å². The fourth-order valence-electron chi connectivity index (χ4n) is 2.92. The number of nitrogens with zero attached hydrogens (tertiary/aromatic N) is 1. The van der Waals surface area contributed by atoms with Crippen LogP contribution in [0.1, 0.15) is 31.2 Å². The zero-order valence-electron chi connectivity index (χ0n) is 11.5. The molecule has 1 aromatic carbocycles. The number of likely N-dealkylation sites (N-methyl/N-ethyl adjacent to an activating group) is 1. The molecule has 0 spiro atoms. The van der Waals surface area contributed by atoms with Crippen molar-refractivity contribution >= 4 is 5.91 Å². The fraction of sp³-hybridized carbons (Fsp3) is 0.533. The summed E-state index contributed by atoms with van der Waals surface area (Å²) in [7, 11) is 3.18. The van der Waals surface area contributed by atoms with Gasteiger partial charge in [0.05, 0.1) is 0 Å². The molecule has 1 atom stereocenters. The number of amides is 1. The van der Waals surface area contributed by atoms with Gasteiger partial charge in [0.2, 0.25) is 0 Å². The first-order valence-corrected chi connectivity index (χ1v) is 6.64. The SMILES string of the molecule is CN(C)C(=O)C(O)(c1ccccc1)C1(O)CCCC1. The molecule has 1 saturated carbocycles. The molecule has 0 saturated heterocycles. The smallest absolute Gasteiger partial charge is 0.261 e. The third-order valence-corrected chi connectivity index (χ3v) is 4.01. The lowest BCUT2D eigenvalue weighted by atomic mass is 9.75. The number of hydrogen-bond donors (Lipinski definition) is 2. The van der Waals surface area contributed by atoms with Gasteiger partial charge in [0, 0.05) is 14.1 Å². The third kappa shape index (κ3) is 2.15. The van der Waals surface area contributed by atoms with Gasteiger partial charge in [0.1, 0.15) is 5.60 Å². The van der Waals surface area contributed by atoms with E-state index in [0.29, 0.717) is 18.4 Å². The molecule has 0 radical (unpaired) electrons. The van der Waals surface area contributed by atoms with E-state index in [9.17, 15) is 15.0 Å². The zero-order chi connectivity index (χ0) is 14.1. The van der Waals surface area contributed by atoms with Crippen molar-refractivity contribution in [2.75, 3.05) is 14.1 Å². The van der Waals surface area contributed by atoms with Crippen LogP contribution in [-0.4, -0.2) is 40.7 Å². The van der Waals surface area contributed by atoms with Gasteiger partial charge in [0.25, 0.3) is 5.91 Å². The first kappa shape index (κ1) is 14.0. The maximum Gasteiger partial charge on any atom is 0.261 e. The highest BCUT2D eigenvalue weighted by Gasteiger charge is 2.57. The Morgan fingerprint density at radius 3 is 2.21 bits per heavy atom. The molecular weight excluding hydrogens is 242 g/mol. The number of aliphatic hydroxyl groups is 2. The molecule has 2 N–H and O–H groups in total. The predicted octanol–water partition coefficient (Wildman–Crippen LogP) is 1.27. The minimum atomic E-state index is -1.87. The van der Waals surface area contributed by atoms with E-state index in [1.54, 1.807) is 38.4 Å². The fourth-order valence-corrected chi connectivity index (χ4v) is 2.92. The monoisotopic (exact) mass is 263 g/mol. The van der Waals surface area contributed by atoms with E-state index in [2.05, 4.69) is 0 Å². The van der Waals surface area contributed by atoms with E-state index in [0.717, 1.165) is 12.8 Å². The van der Waals surface area contributed by atoms with E-state index >= 15 is 0 Å². The van der Waals surface area contributed by atoms with Crippen LogP contribution in [0.25, 0.3) is 0 Å². The van der Waals surface area contributed by atoms with Crippen molar-refractivity contribution in [3.8, 4) is 0 Å². The Labute approximate surface area is 113 Å². The highest BCUT2D eigenvalue weighted by molar-refractivity contribution is 5.87. The van der Waals surface area contributed by atoms with Gasteiger partial charge in [-0.2, -0.15) is 0 Å². The van der Waals surface area contributed by atoms with Crippen molar-refractivity contribution in [2.24, 2.45) is 0 Å². The molecule has 1 amide bonds. The normalized spacial score (nSPS) is 20.8. The molecule has 1 unspecified atom stereocenters. The van der Waals surface area contributed by atoms with Gasteiger partial charge in [-0.1, -0.05) is 43.2 Å². The Morgan fingerprint density at radius 1 is 1.21 bits per heavy atom. The average molecular weight is 263 g/mol. The molecular formula is C15H21NO3. The van der Waals surface area contributed by atoms with Crippen molar-refractivity contribution in [1.82, 2.24) is 4.90 Å². The van der Waals surface area contributed by atoms with E-state index in [1.807, 2.05) is 6.07 Å². The second kappa shape index (κ2) is 4.94. The Bertz CT molecular complexity index is 452. The highest BCUT2D eigenvalue weighted by Crippen LogP contribution is 2.45. The Morgan fingerprint density at radius 2 is 1.74 bits per heavy atom. The molecule has 0 bridgehead atoms. The molecule has 104 valence electrons. The Hall–Kier alpha value is -1.39. The van der Waals surface area contributed by atoms with Crippen LogP contribution in [0.15, 0.2) is 30.3 Å². The number of carbonyl (C=O) groups is 1. The number of hydrogen-bond acceptors (Lipinski definition) is 3. The predicted molar refractivity (Wildman–Crippen MR) is 72.5 cm³/mol. The van der Waals surface area contributed by atoms with E-state index in [-0.39, 0.29) is 0 Å². The summed E-state index contributed by atoms with van der Waals surface area (Å²) in [6.07, 6.45) is 2.54. The highest BCUT2D eigenvalue weighted by atomic mass is 16.4. The second-order valence-electron chi connectivity index (χ2n) is 5.51. The zero-order valence-corrected chi connectivity index (χ0v) is 11.5. The topological polar surface area (TPSA) is 60.8 Å². The van der Waals surface area contributed by atoms with Crippen LogP contribution in [0.5, 0.6) is 0 Å². The summed E-state index contributed by atoms with van der Waals surface area (Å²) in [5, 5.41) is 21.8. The molecule has 1 aromatic rings. The summed E-state index contributed by atoms with van der Waals surface area (Å²) in [5.74, 6) is -0.469. The molecule has 0 aliphatic heterocycles. The van der Waals surface area contributed by atoms with Gasteiger partial charge >= 0.3 is 0 Å². The quantitative estimate of drug-likeness (QED) is 0.863. The van der Waals surface area contributed by atoms with Crippen LogP contribution in [-0.2, 0) is 10.4 Å². The first-order valence-electron chi connectivity index (χ1n) is 6.64. The van der Waals surface area contributed by atoms with Crippen LogP contribution < -0.4 is 0 Å². The summed E-state index contributed by atoms with van der Waals surface area (Å²) in [6.45, 7) is 0. The van der Waals surface area contributed by atoms with Crippen LogP contribution in [0, 0.1) is 0 Å². The lowest BCUT2D eigenvalue weighted by molar-refractivity contribution is -0.186. The van der Waals surface area contributed by atoms with Crippen molar-refractivity contribution in [3.05, 3.63) is 35.9 Å². The number of benzene rings is 1. The lowest BCUT2D eigenvalue weighted by Gasteiger charge is -2.41. The second-order valence-corrected chi connectivity index (χ2v) is 5.51. The average Bonchev–Trinajstić information content (AvgIpc) is 2.86. The van der Waals surface area contributed by atoms with Crippen molar-refractivity contribution in [2.45, 2.75) is 36.9 Å². The van der Waals surface area contributed by atoms with E-state index in [4.69, 9.17) is 0 Å². The van der Waals surface area contributed by atoms with Gasteiger partial charge in [-0.3, -0.25) is 4.79 Å². The minimum absolute atomic E-state index is 0.442.